The van der Waals surface area contributed by atoms with E-state index < -0.39 is 12.0 Å². The number of nitrogens with one attached hydrogen (secondary N) is 2. The third-order valence-electron chi connectivity index (χ3n) is 5.88. The Labute approximate surface area is 213 Å². The summed E-state index contributed by atoms with van der Waals surface area (Å²) >= 11 is 1.42. The lowest BCUT2D eigenvalue weighted by Crippen LogP contribution is -2.30. The summed E-state index contributed by atoms with van der Waals surface area (Å²) in [5.41, 5.74) is 8.05. The molecule has 1 aliphatic rings. The molecule has 0 aliphatic heterocycles. The lowest BCUT2D eigenvalue weighted by Gasteiger charge is -2.15. The Morgan fingerprint density at radius 3 is 2.31 bits per heavy atom. The standard InChI is InChI=1S/C27H29N3O5S/c1-3-34-19-14-10-18(11-15-19)29-25(32)16(2)35-20-12-8-17(9-13-20)26(33)30-27-23(24(28)31)21-6-4-5-7-22(21)36-27/h8-16H,3-7H2,1-2H3,(H2,28,31)(H,29,32)(H,30,33)/t16-/m0/s1. The number of carbonyl (C=O) groups is 3. The molecule has 0 radical (unpaired) electrons. The lowest BCUT2D eigenvalue weighted by atomic mass is 9.95. The molecule has 2 aromatic carbocycles. The van der Waals surface area contributed by atoms with Crippen LogP contribution in [0.4, 0.5) is 10.7 Å². The van der Waals surface area contributed by atoms with E-state index in [1.54, 1.807) is 55.5 Å². The quantitative estimate of drug-likeness (QED) is 0.385. The van der Waals surface area contributed by atoms with Crippen LogP contribution >= 0.6 is 11.3 Å². The van der Waals surface area contributed by atoms with Crippen molar-refractivity contribution in [3.05, 3.63) is 70.1 Å². The highest BCUT2D eigenvalue weighted by atomic mass is 32.1. The van der Waals surface area contributed by atoms with Gasteiger partial charge in [0, 0.05) is 16.1 Å². The van der Waals surface area contributed by atoms with Crippen LogP contribution in [0.15, 0.2) is 48.5 Å². The van der Waals surface area contributed by atoms with Crippen molar-refractivity contribution in [3.8, 4) is 11.5 Å². The first-order valence-corrected chi connectivity index (χ1v) is 12.7. The van der Waals surface area contributed by atoms with E-state index in [9.17, 15) is 14.4 Å². The molecule has 0 bridgehead atoms. The number of carbonyl (C=O) groups excluding carboxylic acids is 3. The van der Waals surface area contributed by atoms with Crippen molar-refractivity contribution >= 4 is 39.7 Å². The second-order valence-corrected chi connectivity index (χ2v) is 9.57. The van der Waals surface area contributed by atoms with Gasteiger partial charge in [-0.2, -0.15) is 0 Å². The number of anilines is 2. The van der Waals surface area contributed by atoms with Crippen LogP contribution in [0.3, 0.4) is 0 Å². The van der Waals surface area contributed by atoms with Gasteiger partial charge in [-0.05, 0) is 93.6 Å². The number of amides is 3. The zero-order valence-corrected chi connectivity index (χ0v) is 21.1. The molecule has 36 heavy (non-hydrogen) atoms. The minimum Gasteiger partial charge on any atom is -0.494 e. The number of aryl methyl sites for hydroxylation is 1. The molecular weight excluding hydrogens is 478 g/mol. The molecule has 1 aromatic heterocycles. The molecule has 0 saturated carbocycles. The predicted octanol–water partition coefficient (Wildman–Crippen LogP) is 4.78. The van der Waals surface area contributed by atoms with Crippen molar-refractivity contribution in [2.75, 3.05) is 17.2 Å². The normalized spacial score (nSPS) is 13.3. The van der Waals surface area contributed by atoms with Gasteiger partial charge in [0.15, 0.2) is 6.10 Å². The smallest absolute Gasteiger partial charge is 0.265 e. The van der Waals surface area contributed by atoms with Gasteiger partial charge in [0.05, 0.1) is 12.2 Å². The number of thiophene rings is 1. The van der Waals surface area contributed by atoms with Crippen LogP contribution in [0.5, 0.6) is 11.5 Å². The molecular formula is C27H29N3O5S. The van der Waals surface area contributed by atoms with Crippen molar-refractivity contribution in [1.29, 1.82) is 0 Å². The molecule has 9 heteroatoms. The molecule has 0 saturated heterocycles. The number of ether oxygens (including phenoxy) is 2. The molecule has 4 N–H and O–H groups in total. The monoisotopic (exact) mass is 507 g/mol. The van der Waals surface area contributed by atoms with Crippen molar-refractivity contribution in [3.63, 3.8) is 0 Å². The largest absolute Gasteiger partial charge is 0.494 e. The van der Waals surface area contributed by atoms with E-state index in [0.717, 1.165) is 41.9 Å². The average molecular weight is 508 g/mol. The Bertz CT molecular complexity index is 1250. The van der Waals surface area contributed by atoms with Crippen LogP contribution in [0.1, 0.15) is 57.8 Å². The van der Waals surface area contributed by atoms with Gasteiger partial charge >= 0.3 is 0 Å². The van der Waals surface area contributed by atoms with E-state index in [1.807, 2.05) is 6.92 Å². The number of nitrogens with two attached hydrogens (primary N) is 1. The van der Waals surface area contributed by atoms with E-state index >= 15 is 0 Å². The highest BCUT2D eigenvalue weighted by Gasteiger charge is 2.25. The van der Waals surface area contributed by atoms with Crippen molar-refractivity contribution in [2.24, 2.45) is 5.73 Å². The zero-order valence-electron chi connectivity index (χ0n) is 20.3. The third kappa shape index (κ3) is 5.85. The molecule has 188 valence electrons. The summed E-state index contributed by atoms with van der Waals surface area (Å²) in [6.45, 7) is 4.12. The molecule has 8 nitrogen and oxygen atoms in total. The van der Waals surface area contributed by atoms with Gasteiger partial charge < -0.3 is 25.8 Å². The van der Waals surface area contributed by atoms with E-state index in [2.05, 4.69) is 10.6 Å². The second-order valence-electron chi connectivity index (χ2n) is 8.46. The van der Waals surface area contributed by atoms with Gasteiger partial charge in [-0.3, -0.25) is 14.4 Å². The van der Waals surface area contributed by atoms with Crippen LogP contribution < -0.4 is 25.8 Å². The summed E-state index contributed by atoms with van der Waals surface area (Å²) in [4.78, 5) is 38.5. The summed E-state index contributed by atoms with van der Waals surface area (Å²) in [7, 11) is 0. The minimum atomic E-state index is -0.758. The van der Waals surface area contributed by atoms with Gasteiger partial charge in [-0.15, -0.1) is 11.3 Å². The summed E-state index contributed by atoms with van der Waals surface area (Å²) < 4.78 is 11.1. The van der Waals surface area contributed by atoms with Crippen LogP contribution in [-0.4, -0.2) is 30.4 Å². The van der Waals surface area contributed by atoms with Crippen molar-refractivity contribution < 1.29 is 23.9 Å². The van der Waals surface area contributed by atoms with Gasteiger partial charge in [-0.25, -0.2) is 0 Å². The van der Waals surface area contributed by atoms with E-state index in [1.165, 1.54) is 11.3 Å². The van der Waals surface area contributed by atoms with Crippen molar-refractivity contribution in [2.45, 2.75) is 45.6 Å². The number of rotatable bonds is 9. The maximum Gasteiger partial charge on any atom is 0.265 e. The van der Waals surface area contributed by atoms with Crippen LogP contribution in [0.25, 0.3) is 0 Å². The summed E-state index contributed by atoms with van der Waals surface area (Å²) in [6, 6.07) is 13.6. The third-order valence-corrected chi connectivity index (χ3v) is 7.08. The van der Waals surface area contributed by atoms with Crippen LogP contribution in [0.2, 0.25) is 0 Å². The lowest BCUT2D eigenvalue weighted by molar-refractivity contribution is -0.122. The fraction of sp³-hybridized carbons (Fsp3) is 0.296. The molecule has 3 amide bonds. The first-order chi connectivity index (χ1) is 17.4. The fourth-order valence-corrected chi connectivity index (χ4v) is 5.37. The number of primary amides is 1. The number of fused-ring (bicyclic) bond motifs is 1. The molecule has 0 fully saturated rings. The first-order valence-electron chi connectivity index (χ1n) is 11.9. The minimum absolute atomic E-state index is 0.304. The average Bonchev–Trinajstić information content (AvgIpc) is 3.23. The molecule has 0 spiro atoms. The molecule has 1 aliphatic carbocycles. The highest BCUT2D eigenvalue weighted by Crippen LogP contribution is 2.38. The molecule has 0 unspecified atom stereocenters. The van der Waals surface area contributed by atoms with E-state index in [0.29, 0.717) is 34.2 Å². The summed E-state index contributed by atoms with van der Waals surface area (Å²) in [5.74, 6) is 0.00951. The Morgan fingerprint density at radius 2 is 1.64 bits per heavy atom. The molecule has 3 aromatic rings. The zero-order chi connectivity index (χ0) is 25.7. The maximum atomic E-state index is 12.8. The molecule has 4 rings (SSSR count). The predicted molar refractivity (Wildman–Crippen MR) is 140 cm³/mol. The van der Waals surface area contributed by atoms with E-state index in [4.69, 9.17) is 15.2 Å². The SMILES string of the molecule is CCOc1ccc(NC(=O)[C@H](C)Oc2ccc(C(=O)Nc3sc4c(c3C(N)=O)CCCC4)cc2)cc1. The summed E-state index contributed by atoms with van der Waals surface area (Å²) in [5, 5.41) is 6.15. The highest BCUT2D eigenvalue weighted by molar-refractivity contribution is 7.17. The Hall–Kier alpha value is -3.85. The Kier molecular flexibility index (Phi) is 7.90. The second kappa shape index (κ2) is 11.3. The van der Waals surface area contributed by atoms with Gasteiger partial charge in [0.1, 0.15) is 16.5 Å². The number of hydrogen-bond acceptors (Lipinski definition) is 6. The maximum absolute atomic E-state index is 12.8. The topological polar surface area (TPSA) is 120 Å². The number of hydrogen-bond donors (Lipinski definition) is 3. The summed E-state index contributed by atoms with van der Waals surface area (Å²) in [6.07, 6.45) is 3.02. The van der Waals surface area contributed by atoms with Crippen molar-refractivity contribution in [1.82, 2.24) is 0 Å². The first kappa shape index (κ1) is 25.2. The Morgan fingerprint density at radius 1 is 0.972 bits per heavy atom. The number of benzene rings is 2. The fourth-order valence-electron chi connectivity index (χ4n) is 4.08. The molecule has 1 atom stereocenters. The van der Waals surface area contributed by atoms with E-state index in [-0.39, 0.29) is 11.8 Å². The van der Waals surface area contributed by atoms with Crippen LogP contribution in [0, 0.1) is 0 Å². The van der Waals surface area contributed by atoms with Crippen LogP contribution in [-0.2, 0) is 17.6 Å². The Balaban J connectivity index is 1.36. The molecule has 1 heterocycles. The van der Waals surface area contributed by atoms with Gasteiger partial charge in [0.2, 0.25) is 0 Å². The van der Waals surface area contributed by atoms with Gasteiger partial charge in [-0.1, -0.05) is 0 Å². The van der Waals surface area contributed by atoms with Gasteiger partial charge in [0.25, 0.3) is 17.7 Å².